The third-order valence-corrected chi connectivity index (χ3v) is 2.83. The average molecular weight is 185 g/mol. The summed E-state index contributed by atoms with van der Waals surface area (Å²) in [6.45, 7) is 6.91. The van der Waals surface area contributed by atoms with Crippen LogP contribution < -0.4 is 5.73 Å². The molecule has 0 amide bonds. The Morgan fingerprint density at radius 2 is 2.08 bits per heavy atom. The van der Waals surface area contributed by atoms with E-state index in [1.54, 1.807) is 0 Å². The van der Waals surface area contributed by atoms with Crippen molar-refractivity contribution in [2.45, 2.75) is 19.4 Å². The smallest absolute Gasteiger partial charge is 0.0206 e. The number of nitrogens with two attached hydrogens (primary N) is 1. The van der Waals surface area contributed by atoms with Crippen molar-refractivity contribution in [1.82, 2.24) is 9.80 Å². The number of rotatable bonds is 4. The van der Waals surface area contributed by atoms with Gasteiger partial charge in [0.05, 0.1) is 0 Å². The fourth-order valence-electron chi connectivity index (χ4n) is 1.89. The van der Waals surface area contributed by atoms with E-state index in [2.05, 4.69) is 30.8 Å². The van der Waals surface area contributed by atoms with Gasteiger partial charge in [-0.15, -0.1) is 0 Å². The zero-order valence-corrected chi connectivity index (χ0v) is 9.16. The van der Waals surface area contributed by atoms with E-state index in [-0.39, 0.29) is 0 Å². The Morgan fingerprint density at radius 1 is 1.38 bits per heavy atom. The molecule has 78 valence electrons. The summed E-state index contributed by atoms with van der Waals surface area (Å²) >= 11 is 0. The van der Waals surface area contributed by atoms with Crippen LogP contribution in [0.15, 0.2) is 0 Å². The van der Waals surface area contributed by atoms with E-state index in [0.29, 0.717) is 12.0 Å². The molecule has 0 spiro atoms. The standard InChI is InChI=1S/C10H23N3/c1-9-7-13(8-10(9)11)6-4-5-12(2)3/h9-10H,4-8,11H2,1-3H3. The van der Waals surface area contributed by atoms with Gasteiger partial charge in [0.2, 0.25) is 0 Å². The molecule has 1 aliphatic rings. The molecule has 0 aromatic carbocycles. The Kier molecular flexibility index (Phi) is 4.16. The van der Waals surface area contributed by atoms with Crippen LogP contribution in [0.5, 0.6) is 0 Å². The predicted molar refractivity (Wildman–Crippen MR) is 56.8 cm³/mol. The molecule has 2 N–H and O–H groups in total. The molecule has 0 aliphatic carbocycles. The van der Waals surface area contributed by atoms with Crippen LogP contribution >= 0.6 is 0 Å². The lowest BCUT2D eigenvalue weighted by Gasteiger charge is -2.16. The van der Waals surface area contributed by atoms with Gasteiger partial charge in [-0.1, -0.05) is 6.92 Å². The van der Waals surface area contributed by atoms with Crippen LogP contribution in [0.4, 0.5) is 0 Å². The van der Waals surface area contributed by atoms with E-state index in [4.69, 9.17) is 5.73 Å². The molecule has 0 aromatic rings. The Hall–Kier alpha value is -0.120. The molecule has 1 heterocycles. The van der Waals surface area contributed by atoms with E-state index in [1.807, 2.05) is 0 Å². The van der Waals surface area contributed by atoms with Gasteiger partial charge >= 0.3 is 0 Å². The van der Waals surface area contributed by atoms with Gasteiger partial charge in [-0.05, 0) is 39.5 Å². The molecule has 3 nitrogen and oxygen atoms in total. The van der Waals surface area contributed by atoms with Crippen molar-refractivity contribution in [3.8, 4) is 0 Å². The van der Waals surface area contributed by atoms with Crippen LogP contribution in [0.25, 0.3) is 0 Å². The molecule has 2 atom stereocenters. The summed E-state index contributed by atoms with van der Waals surface area (Å²) in [4.78, 5) is 4.72. The topological polar surface area (TPSA) is 32.5 Å². The third kappa shape index (κ3) is 3.63. The van der Waals surface area contributed by atoms with Crippen LogP contribution in [0.3, 0.4) is 0 Å². The molecule has 2 unspecified atom stereocenters. The largest absolute Gasteiger partial charge is 0.326 e. The first-order chi connectivity index (χ1) is 6.09. The lowest BCUT2D eigenvalue weighted by Crippen LogP contribution is -2.29. The third-order valence-electron chi connectivity index (χ3n) is 2.83. The lowest BCUT2D eigenvalue weighted by molar-refractivity contribution is 0.294. The quantitative estimate of drug-likeness (QED) is 0.680. The van der Waals surface area contributed by atoms with E-state index >= 15 is 0 Å². The second-order valence-corrected chi connectivity index (χ2v) is 4.56. The van der Waals surface area contributed by atoms with Crippen LogP contribution in [-0.4, -0.2) is 56.1 Å². The fraction of sp³-hybridized carbons (Fsp3) is 1.00. The number of hydrogen-bond acceptors (Lipinski definition) is 3. The Labute approximate surface area is 81.9 Å². The zero-order valence-electron chi connectivity index (χ0n) is 9.16. The molecule has 13 heavy (non-hydrogen) atoms. The predicted octanol–water partition coefficient (Wildman–Crippen LogP) is 0.217. The molecule has 0 radical (unpaired) electrons. The second kappa shape index (κ2) is 4.94. The first kappa shape index (κ1) is 11.0. The van der Waals surface area contributed by atoms with Gasteiger partial charge in [0, 0.05) is 19.1 Å². The molecule has 1 fully saturated rings. The van der Waals surface area contributed by atoms with Gasteiger partial charge in [0.15, 0.2) is 0 Å². The number of nitrogens with zero attached hydrogens (tertiary/aromatic N) is 2. The highest BCUT2D eigenvalue weighted by Crippen LogP contribution is 2.14. The van der Waals surface area contributed by atoms with Crippen molar-refractivity contribution in [2.75, 3.05) is 40.3 Å². The molecule has 1 saturated heterocycles. The molecular weight excluding hydrogens is 162 g/mol. The monoisotopic (exact) mass is 185 g/mol. The summed E-state index contributed by atoms with van der Waals surface area (Å²) in [6, 6.07) is 0.402. The highest BCUT2D eigenvalue weighted by atomic mass is 15.2. The molecule has 0 saturated carbocycles. The van der Waals surface area contributed by atoms with E-state index in [9.17, 15) is 0 Å². The summed E-state index contributed by atoms with van der Waals surface area (Å²) in [6.07, 6.45) is 1.26. The molecular formula is C10H23N3. The van der Waals surface area contributed by atoms with Crippen LogP contribution in [0.2, 0.25) is 0 Å². The van der Waals surface area contributed by atoms with E-state index in [0.717, 1.165) is 6.54 Å². The highest BCUT2D eigenvalue weighted by Gasteiger charge is 2.25. The van der Waals surface area contributed by atoms with Gasteiger partial charge in [-0.3, -0.25) is 0 Å². The van der Waals surface area contributed by atoms with Crippen LogP contribution in [-0.2, 0) is 0 Å². The first-order valence-electron chi connectivity index (χ1n) is 5.22. The van der Waals surface area contributed by atoms with Crippen molar-refractivity contribution < 1.29 is 0 Å². The Bertz CT molecular complexity index is 137. The van der Waals surface area contributed by atoms with Gasteiger partial charge in [0.25, 0.3) is 0 Å². The summed E-state index contributed by atoms with van der Waals surface area (Å²) in [7, 11) is 4.25. The minimum absolute atomic E-state index is 0.402. The van der Waals surface area contributed by atoms with Crippen molar-refractivity contribution >= 4 is 0 Å². The first-order valence-corrected chi connectivity index (χ1v) is 5.22. The average Bonchev–Trinajstić information content (AvgIpc) is 2.30. The van der Waals surface area contributed by atoms with Crippen molar-refractivity contribution in [2.24, 2.45) is 11.7 Å². The zero-order chi connectivity index (χ0) is 9.84. The molecule has 0 aromatic heterocycles. The summed E-state index contributed by atoms with van der Waals surface area (Å²) in [5.41, 5.74) is 5.95. The fourth-order valence-corrected chi connectivity index (χ4v) is 1.89. The second-order valence-electron chi connectivity index (χ2n) is 4.56. The van der Waals surface area contributed by atoms with Gasteiger partial charge in [0.1, 0.15) is 0 Å². The maximum absolute atomic E-state index is 5.95. The SMILES string of the molecule is CC1CN(CCCN(C)C)CC1N. The minimum Gasteiger partial charge on any atom is -0.326 e. The molecule has 1 aliphatic heterocycles. The van der Waals surface area contributed by atoms with Crippen molar-refractivity contribution in [1.29, 1.82) is 0 Å². The molecule has 1 rings (SSSR count). The number of hydrogen-bond donors (Lipinski definition) is 1. The maximum Gasteiger partial charge on any atom is 0.0206 e. The van der Waals surface area contributed by atoms with Crippen molar-refractivity contribution in [3.05, 3.63) is 0 Å². The van der Waals surface area contributed by atoms with E-state index < -0.39 is 0 Å². The summed E-state index contributed by atoms with van der Waals surface area (Å²) < 4.78 is 0. The van der Waals surface area contributed by atoms with Crippen LogP contribution in [0.1, 0.15) is 13.3 Å². The Morgan fingerprint density at radius 3 is 2.54 bits per heavy atom. The normalized spacial score (nSPS) is 30.2. The number of likely N-dealkylation sites (tertiary alicyclic amines) is 1. The summed E-state index contributed by atoms with van der Waals surface area (Å²) in [5, 5.41) is 0. The molecule has 0 bridgehead atoms. The van der Waals surface area contributed by atoms with Crippen LogP contribution in [0, 0.1) is 5.92 Å². The van der Waals surface area contributed by atoms with Gasteiger partial charge in [-0.2, -0.15) is 0 Å². The van der Waals surface area contributed by atoms with E-state index in [1.165, 1.54) is 26.1 Å². The van der Waals surface area contributed by atoms with Gasteiger partial charge in [-0.25, -0.2) is 0 Å². The molecule has 3 heteroatoms. The summed E-state index contributed by atoms with van der Waals surface area (Å²) in [5.74, 6) is 0.680. The van der Waals surface area contributed by atoms with Gasteiger partial charge < -0.3 is 15.5 Å². The highest BCUT2D eigenvalue weighted by molar-refractivity contribution is 4.83. The Balaban J connectivity index is 2.10. The lowest BCUT2D eigenvalue weighted by atomic mass is 10.1. The van der Waals surface area contributed by atoms with Crippen molar-refractivity contribution in [3.63, 3.8) is 0 Å². The minimum atomic E-state index is 0.402. The maximum atomic E-state index is 5.95.